The first kappa shape index (κ1) is 13.6. The number of esters is 1. The Hall–Kier alpha value is -2.45. The van der Waals surface area contributed by atoms with E-state index < -0.39 is 34.2 Å². The van der Waals surface area contributed by atoms with E-state index in [1.807, 2.05) is 0 Å². The minimum Gasteiger partial charge on any atom is -0.464 e. The molecule has 1 unspecified atom stereocenters. The molecular formula is C9H12N4O5. The molecule has 0 aliphatic carbocycles. The molecule has 1 atom stereocenters. The van der Waals surface area contributed by atoms with Gasteiger partial charge in [-0.1, -0.05) is 0 Å². The molecule has 0 saturated heterocycles. The average molecular weight is 256 g/mol. The van der Waals surface area contributed by atoms with E-state index in [9.17, 15) is 19.7 Å². The molecule has 1 amide bonds. The maximum atomic E-state index is 11.4. The van der Waals surface area contributed by atoms with Gasteiger partial charge in [-0.15, -0.1) is 0 Å². The Morgan fingerprint density at radius 1 is 1.67 bits per heavy atom. The Kier molecular flexibility index (Phi) is 3.97. The standard InChI is InChI=1S/C9H12N4O5/c1-3-18-9(15)5(2)12-4-6(13(16)17)7(11-12)8(10)14/h4-5H,3H2,1-2H3,(H2,10,14). The van der Waals surface area contributed by atoms with Crippen molar-refractivity contribution in [2.45, 2.75) is 19.9 Å². The summed E-state index contributed by atoms with van der Waals surface area (Å²) in [5, 5.41) is 14.3. The lowest BCUT2D eigenvalue weighted by Crippen LogP contribution is -2.20. The molecule has 9 nitrogen and oxygen atoms in total. The molecule has 0 fully saturated rings. The van der Waals surface area contributed by atoms with Gasteiger partial charge in [0.15, 0.2) is 0 Å². The van der Waals surface area contributed by atoms with Gasteiger partial charge in [-0.3, -0.25) is 19.6 Å². The zero-order chi connectivity index (χ0) is 13.9. The highest BCUT2D eigenvalue weighted by atomic mass is 16.6. The van der Waals surface area contributed by atoms with Crippen molar-refractivity contribution >= 4 is 17.6 Å². The second-order valence-corrected chi connectivity index (χ2v) is 3.39. The molecule has 18 heavy (non-hydrogen) atoms. The van der Waals surface area contributed by atoms with E-state index in [1.54, 1.807) is 6.92 Å². The number of nitro groups is 1. The quantitative estimate of drug-likeness (QED) is 0.448. The van der Waals surface area contributed by atoms with Crippen molar-refractivity contribution in [3.63, 3.8) is 0 Å². The van der Waals surface area contributed by atoms with Crippen LogP contribution in [0.5, 0.6) is 0 Å². The number of amides is 1. The molecule has 1 aromatic rings. The van der Waals surface area contributed by atoms with Gasteiger partial charge in [0.05, 0.1) is 11.5 Å². The van der Waals surface area contributed by atoms with E-state index >= 15 is 0 Å². The number of hydrogen-bond donors (Lipinski definition) is 1. The van der Waals surface area contributed by atoms with Gasteiger partial charge in [-0.05, 0) is 13.8 Å². The molecule has 0 radical (unpaired) electrons. The van der Waals surface area contributed by atoms with Crippen LogP contribution in [0.3, 0.4) is 0 Å². The van der Waals surface area contributed by atoms with Crippen molar-refractivity contribution in [3.05, 3.63) is 22.0 Å². The topological polar surface area (TPSA) is 130 Å². The monoisotopic (exact) mass is 256 g/mol. The van der Waals surface area contributed by atoms with Gasteiger partial charge in [0.25, 0.3) is 5.91 Å². The number of hydrogen-bond acceptors (Lipinski definition) is 6. The maximum Gasteiger partial charge on any atom is 0.330 e. The lowest BCUT2D eigenvalue weighted by atomic mass is 10.3. The van der Waals surface area contributed by atoms with Crippen LogP contribution in [-0.2, 0) is 9.53 Å². The summed E-state index contributed by atoms with van der Waals surface area (Å²) in [6.45, 7) is 3.25. The highest BCUT2D eigenvalue weighted by molar-refractivity contribution is 5.94. The normalized spacial score (nSPS) is 11.9. The third kappa shape index (κ3) is 2.62. The number of carbonyl (C=O) groups is 2. The maximum absolute atomic E-state index is 11.4. The molecule has 0 saturated carbocycles. The summed E-state index contributed by atoms with van der Waals surface area (Å²) in [6, 6.07) is -0.878. The number of carbonyl (C=O) groups excluding carboxylic acids is 2. The van der Waals surface area contributed by atoms with Crippen molar-refractivity contribution in [2.24, 2.45) is 5.73 Å². The van der Waals surface area contributed by atoms with Crippen LogP contribution >= 0.6 is 0 Å². The zero-order valence-electron chi connectivity index (χ0n) is 9.82. The molecule has 1 aromatic heterocycles. The Balaban J connectivity index is 3.12. The van der Waals surface area contributed by atoms with Gasteiger partial charge in [-0.25, -0.2) is 4.79 Å². The summed E-state index contributed by atoms with van der Waals surface area (Å²) in [7, 11) is 0. The van der Waals surface area contributed by atoms with Crippen molar-refractivity contribution in [3.8, 4) is 0 Å². The summed E-state index contributed by atoms with van der Waals surface area (Å²) < 4.78 is 5.72. The van der Waals surface area contributed by atoms with E-state index in [2.05, 4.69) is 5.10 Å². The van der Waals surface area contributed by atoms with Crippen molar-refractivity contribution in [1.29, 1.82) is 0 Å². The molecule has 2 N–H and O–H groups in total. The Bertz CT molecular complexity index is 464. The lowest BCUT2D eigenvalue weighted by molar-refractivity contribution is -0.385. The fourth-order valence-electron chi connectivity index (χ4n) is 1.26. The smallest absolute Gasteiger partial charge is 0.330 e. The molecule has 9 heteroatoms. The molecular weight excluding hydrogens is 244 g/mol. The molecule has 1 rings (SSSR count). The number of rotatable bonds is 5. The third-order valence-corrected chi connectivity index (χ3v) is 2.17. The molecule has 1 heterocycles. The second kappa shape index (κ2) is 5.25. The number of nitrogens with zero attached hydrogens (tertiary/aromatic N) is 3. The van der Waals surface area contributed by atoms with Crippen molar-refractivity contribution < 1.29 is 19.2 Å². The average Bonchev–Trinajstić information content (AvgIpc) is 2.73. The van der Waals surface area contributed by atoms with Gasteiger partial charge in [0, 0.05) is 0 Å². The van der Waals surface area contributed by atoms with E-state index in [0.717, 1.165) is 10.9 Å². The Morgan fingerprint density at radius 2 is 2.28 bits per heavy atom. The van der Waals surface area contributed by atoms with Crippen LogP contribution in [0.2, 0.25) is 0 Å². The van der Waals surface area contributed by atoms with Gasteiger partial charge in [0.2, 0.25) is 5.69 Å². The molecule has 98 valence electrons. The summed E-state index contributed by atoms with van der Waals surface area (Å²) in [5.74, 6) is -1.64. The van der Waals surface area contributed by atoms with Crippen LogP contribution in [0, 0.1) is 10.1 Å². The Morgan fingerprint density at radius 3 is 2.67 bits per heavy atom. The minimum atomic E-state index is -1.03. The SMILES string of the molecule is CCOC(=O)C(C)n1cc([N+](=O)[O-])c(C(N)=O)n1. The molecule has 0 aliphatic rings. The summed E-state index contributed by atoms with van der Waals surface area (Å²) in [6.07, 6.45) is 0.974. The largest absolute Gasteiger partial charge is 0.464 e. The van der Waals surface area contributed by atoms with Crippen LogP contribution in [0.15, 0.2) is 6.20 Å². The molecule has 0 aliphatic heterocycles. The summed E-state index contributed by atoms with van der Waals surface area (Å²) in [5.41, 5.74) is 3.93. The Labute approximate surface area is 102 Å². The van der Waals surface area contributed by atoms with E-state index in [1.165, 1.54) is 6.92 Å². The van der Waals surface area contributed by atoms with Gasteiger partial charge < -0.3 is 10.5 Å². The van der Waals surface area contributed by atoms with Crippen LogP contribution < -0.4 is 5.73 Å². The van der Waals surface area contributed by atoms with Crippen molar-refractivity contribution in [1.82, 2.24) is 9.78 Å². The second-order valence-electron chi connectivity index (χ2n) is 3.39. The first-order valence-corrected chi connectivity index (χ1v) is 5.08. The van der Waals surface area contributed by atoms with E-state index in [-0.39, 0.29) is 6.61 Å². The van der Waals surface area contributed by atoms with Gasteiger partial charge in [0.1, 0.15) is 12.2 Å². The van der Waals surface area contributed by atoms with E-state index in [4.69, 9.17) is 10.5 Å². The van der Waals surface area contributed by atoms with Crippen LogP contribution in [0.1, 0.15) is 30.4 Å². The summed E-state index contributed by atoms with van der Waals surface area (Å²) >= 11 is 0. The fourth-order valence-corrected chi connectivity index (χ4v) is 1.26. The van der Waals surface area contributed by atoms with Crippen LogP contribution in [0.25, 0.3) is 0 Å². The number of nitrogens with two attached hydrogens (primary N) is 1. The highest BCUT2D eigenvalue weighted by Crippen LogP contribution is 2.19. The first-order valence-electron chi connectivity index (χ1n) is 5.08. The van der Waals surface area contributed by atoms with Crippen LogP contribution in [0.4, 0.5) is 5.69 Å². The molecule has 0 bridgehead atoms. The zero-order valence-corrected chi connectivity index (χ0v) is 9.82. The molecule has 0 spiro atoms. The number of primary amides is 1. The molecule has 0 aromatic carbocycles. The highest BCUT2D eigenvalue weighted by Gasteiger charge is 2.27. The predicted molar refractivity (Wildman–Crippen MR) is 58.7 cm³/mol. The third-order valence-electron chi connectivity index (χ3n) is 2.17. The number of aromatic nitrogens is 2. The van der Waals surface area contributed by atoms with Gasteiger partial charge >= 0.3 is 11.7 Å². The number of ether oxygens (including phenoxy) is 1. The summed E-state index contributed by atoms with van der Waals surface area (Å²) in [4.78, 5) is 32.3. The van der Waals surface area contributed by atoms with Crippen LogP contribution in [-0.4, -0.2) is 33.2 Å². The minimum absolute atomic E-state index is 0.176. The van der Waals surface area contributed by atoms with E-state index in [0.29, 0.717) is 0 Å². The first-order chi connectivity index (χ1) is 8.38. The van der Waals surface area contributed by atoms with Gasteiger partial charge in [-0.2, -0.15) is 5.10 Å². The fraction of sp³-hybridized carbons (Fsp3) is 0.444. The van der Waals surface area contributed by atoms with Crippen molar-refractivity contribution in [2.75, 3.05) is 6.61 Å². The predicted octanol–water partition coefficient (Wildman–Crippen LogP) is 0.0143. The lowest BCUT2D eigenvalue weighted by Gasteiger charge is -2.09.